The average Bonchev–Trinajstić information content (AvgIpc) is 3.20. The van der Waals surface area contributed by atoms with Crippen LogP contribution < -0.4 is 5.32 Å². The molecule has 2 aromatic rings. The van der Waals surface area contributed by atoms with E-state index < -0.39 is 17.6 Å². The number of urea groups is 1. The van der Waals surface area contributed by atoms with Gasteiger partial charge in [-0.1, -0.05) is 25.1 Å². The van der Waals surface area contributed by atoms with E-state index in [-0.39, 0.29) is 24.6 Å². The largest absolute Gasteiger partial charge is 0.464 e. The monoisotopic (exact) mass is 458 g/mol. The summed E-state index contributed by atoms with van der Waals surface area (Å²) in [7, 11) is 0. The van der Waals surface area contributed by atoms with Crippen LogP contribution in [0.2, 0.25) is 0 Å². The first-order chi connectivity index (χ1) is 15.6. The minimum atomic E-state index is -0.847. The Kier molecular flexibility index (Phi) is 7.50. The summed E-state index contributed by atoms with van der Waals surface area (Å²) in [5, 5.41) is 3.87. The van der Waals surface area contributed by atoms with Crippen molar-refractivity contribution in [2.75, 3.05) is 32.8 Å². The third-order valence-electron chi connectivity index (χ3n) is 5.65. The quantitative estimate of drug-likeness (QED) is 0.668. The lowest BCUT2D eigenvalue weighted by Gasteiger charge is -2.36. The zero-order valence-electron chi connectivity index (χ0n) is 20.0. The number of para-hydroxylation sites is 1. The zero-order chi connectivity index (χ0) is 24.2. The molecule has 3 rings (SSSR count). The summed E-state index contributed by atoms with van der Waals surface area (Å²) in [4.78, 5) is 44.5. The molecule has 0 radical (unpaired) electrons. The van der Waals surface area contributed by atoms with E-state index in [4.69, 9.17) is 9.47 Å². The van der Waals surface area contributed by atoms with Crippen molar-refractivity contribution in [3.05, 3.63) is 36.0 Å². The predicted octanol–water partition coefficient (Wildman–Crippen LogP) is 3.47. The molecule has 0 aliphatic carbocycles. The molecule has 1 fully saturated rings. The van der Waals surface area contributed by atoms with Gasteiger partial charge in [0.2, 0.25) is 0 Å². The maximum absolute atomic E-state index is 13.0. The van der Waals surface area contributed by atoms with E-state index in [1.54, 1.807) is 16.7 Å². The van der Waals surface area contributed by atoms with Crippen LogP contribution in [0.15, 0.2) is 30.5 Å². The van der Waals surface area contributed by atoms with Gasteiger partial charge in [0.15, 0.2) is 0 Å². The number of rotatable bonds is 5. The maximum atomic E-state index is 13.0. The van der Waals surface area contributed by atoms with Crippen molar-refractivity contribution in [2.45, 2.75) is 52.2 Å². The van der Waals surface area contributed by atoms with Crippen molar-refractivity contribution in [3.8, 4) is 0 Å². The van der Waals surface area contributed by atoms with Crippen LogP contribution in [0.5, 0.6) is 0 Å². The van der Waals surface area contributed by atoms with E-state index in [0.29, 0.717) is 26.2 Å². The van der Waals surface area contributed by atoms with E-state index in [0.717, 1.165) is 16.5 Å². The first kappa shape index (κ1) is 24.4. The Balaban J connectivity index is 1.68. The third kappa shape index (κ3) is 5.97. The van der Waals surface area contributed by atoms with Crippen LogP contribution in [0, 0.1) is 0 Å². The molecule has 0 bridgehead atoms. The Hall–Kier alpha value is -3.23. The summed E-state index contributed by atoms with van der Waals surface area (Å²) in [5.41, 5.74) is 1.32. The van der Waals surface area contributed by atoms with Crippen molar-refractivity contribution in [2.24, 2.45) is 0 Å². The van der Waals surface area contributed by atoms with Crippen molar-refractivity contribution in [1.82, 2.24) is 20.1 Å². The van der Waals surface area contributed by atoms with Crippen LogP contribution in [0.25, 0.3) is 10.9 Å². The summed E-state index contributed by atoms with van der Waals surface area (Å²) in [6.45, 7) is 10.7. The number of nitrogens with one attached hydrogen (secondary N) is 2. The van der Waals surface area contributed by atoms with E-state index in [1.165, 1.54) is 0 Å². The van der Waals surface area contributed by atoms with Gasteiger partial charge in [0, 0.05) is 49.2 Å². The van der Waals surface area contributed by atoms with E-state index in [2.05, 4.69) is 10.3 Å². The molecule has 9 nitrogen and oxygen atoms in total. The number of hydrogen-bond donors (Lipinski definition) is 2. The Bertz CT molecular complexity index is 988. The molecular weight excluding hydrogens is 424 g/mol. The highest BCUT2D eigenvalue weighted by molar-refractivity contribution is 5.88. The number of carbonyl (C=O) groups excluding carboxylic acids is 3. The summed E-state index contributed by atoms with van der Waals surface area (Å²) < 4.78 is 10.7. The molecule has 1 aromatic heterocycles. The lowest BCUT2D eigenvalue weighted by atomic mass is 9.93. The van der Waals surface area contributed by atoms with Crippen molar-refractivity contribution >= 4 is 29.0 Å². The van der Waals surface area contributed by atoms with E-state index in [9.17, 15) is 14.4 Å². The van der Waals surface area contributed by atoms with Gasteiger partial charge in [-0.3, -0.25) is 0 Å². The number of nitrogens with zero attached hydrogens (tertiary/aromatic N) is 2. The first-order valence-corrected chi connectivity index (χ1v) is 11.4. The Morgan fingerprint density at radius 3 is 2.36 bits per heavy atom. The highest BCUT2D eigenvalue weighted by atomic mass is 16.6. The van der Waals surface area contributed by atoms with Crippen molar-refractivity contribution < 1.29 is 23.9 Å². The van der Waals surface area contributed by atoms with Crippen molar-refractivity contribution in [3.63, 3.8) is 0 Å². The minimum absolute atomic E-state index is 0.223. The molecule has 0 saturated carbocycles. The lowest BCUT2D eigenvalue weighted by Crippen LogP contribution is -2.56. The summed E-state index contributed by atoms with van der Waals surface area (Å²) in [6.07, 6.45) is 1.48. The molecule has 9 heteroatoms. The van der Waals surface area contributed by atoms with Gasteiger partial charge < -0.3 is 29.6 Å². The second-order valence-corrected chi connectivity index (χ2v) is 9.21. The van der Waals surface area contributed by atoms with E-state index >= 15 is 0 Å². The fourth-order valence-corrected chi connectivity index (χ4v) is 3.91. The highest BCUT2D eigenvalue weighted by Gasteiger charge is 2.34. The minimum Gasteiger partial charge on any atom is -0.464 e. The number of H-pyrrole nitrogens is 1. The molecule has 3 amide bonds. The lowest BCUT2D eigenvalue weighted by molar-refractivity contribution is -0.145. The topological polar surface area (TPSA) is 104 Å². The average molecular weight is 459 g/mol. The number of esters is 1. The molecule has 180 valence electrons. The zero-order valence-corrected chi connectivity index (χ0v) is 20.0. The number of aromatic amines is 1. The van der Waals surface area contributed by atoms with Gasteiger partial charge in [-0.2, -0.15) is 0 Å². The second kappa shape index (κ2) is 10.1. The molecule has 1 aliphatic heterocycles. The number of aromatic nitrogens is 1. The second-order valence-electron chi connectivity index (χ2n) is 9.21. The number of benzene rings is 1. The maximum Gasteiger partial charge on any atom is 0.410 e. The van der Waals surface area contributed by atoms with Crippen LogP contribution in [-0.2, 0) is 14.3 Å². The number of hydrogen-bond acceptors (Lipinski definition) is 5. The van der Waals surface area contributed by atoms with Gasteiger partial charge in [-0.15, -0.1) is 0 Å². The van der Waals surface area contributed by atoms with Gasteiger partial charge in [0.1, 0.15) is 11.6 Å². The summed E-state index contributed by atoms with van der Waals surface area (Å²) in [6, 6.07) is 6.62. The van der Waals surface area contributed by atoms with Gasteiger partial charge in [0.25, 0.3) is 0 Å². The fourth-order valence-electron chi connectivity index (χ4n) is 3.91. The fraction of sp³-hybridized carbons (Fsp3) is 0.542. The number of amides is 3. The molecule has 2 N–H and O–H groups in total. The molecule has 2 atom stereocenters. The van der Waals surface area contributed by atoms with Crippen LogP contribution in [0.1, 0.15) is 46.1 Å². The molecule has 1 aliphatic rings. The summed E-state index contributed by atoms with van der Waals surface area (Å²) in [5.74, 6) is -0.789. The normalized spacial score (nSPS) is 16.3. The molecule has 0 spiro atoms. The molecule has 1 aromatic carbocycles. The smallest absolute Gasteiger partial charge is 0.410 e. The first-order valence-electron chi connectivity index (χ1n) is 11.4. The van der Waals surface area contributed by atoms with Gasteiger partial charge >= 0.3 is 18.1 Å². The predicted molar refractivity (Wildman–Crippen MR) is 125 cm³/mol. The van der Waals surface area contributed by atoms with Crippen LogP contribution in [0.4, 0.5) is 9.59 Å². The summed E-state index contributed by atoms with van der Waals surface area (Å²) >= 11 is 0. The van der Waals surface area contributed by atoms with Gasteiger partial charge in [-0.05, 0) is 39.3 Å². The third-order valence-corrected chi connectivity index (χ3v) is 5.65. The molecule has 2 heterocycles. The molecule has 33 heavy (non-hydrogen) atoms. The van der Waals surface area contributed by atoms with E-state index in [1.807, 2.05) is 58.2 Å². The Labute approximate surface area is 194 Å². The number of fused-ring (bicyclic) bond motifs is 1. The Morgan fingerprint density at radius 1 is 1.09 bits per heavy atom. The molecule has 1 saturated heterocycles. The van der Waals surface area contributed by atoms with Crippen molar-refractivity contribution in [1.29, 1.82) is 0 Å². The van der Waals surface area contributed by atoms with Crippen LogP contribution in [0.3, 0.4) is 0 Å². The molecular formula is C24H34N4O5. The highest BCUT2D eigenvalue weighted by Crippen LogP contribution is 2.28. The van der Waals surface area contributed by atoms with Gasteiger partial charge in [-0.25, -0.2) is 14.4 Å². The number of ether oxygens (including phenoxy) is 2. The Morgan fingerprint density at radius 2 is 1.73 bits per heavy atom. The number of carbonyl (C=O) groups is 3. The SMILES string of the molecule is CCOC(=O)[C@H](NC(=O)N1CCN(C(=O)OC(C)(C)C)CC1)[C@H](C)c1c[nH]c2ccccc12. The van der Waals surface area contributed by atoms with Crippen LogP contribution in [-0.4, -0.2) is 77.3 Å². The van der Waals surface area contributed by atoms with Gasteiger partial charge in [0.05, 0.1) is 6.61 Å². The standard InChI is InChI=1S/C24H34N4O5/c1-6-32-21(29)20(16(2)18-15-25-19-10-8-7-9-17(18)19)26-22(30)27-11-13-28(14-12-27)23(31)33-24(3,4)5/h7-10,15-16,20,25H,6,11-14H2,1-5H3,(H,26,30)/t16-,20-/m1/s1. The van der Waals surface area contributed by atoms with Crippen LogP contribution >= 0.6 is 0 Å². The molecule has 0 unspecified atom stereocenters. The number of piperazine rings is 1.